The van der Waals surface area contributed by atoms with E-state index in [1.807, 2.05) is 12.1 Å². The molecule has 0 aromatic heterocycles. The summed E-state index contributed by atoms with van der Waals surface area (Å²) in [5, 5.41) is 2.43. The number of hydrogen-bond acceptors (Lipinski definition) is 4. The molecular weight excluding hydrogens is 248 g/mol. The van der Waals surface area contributed by atoms with Crippen molar-refractivity contribution >= 4 is 11.8 Å². The maximum absolute atomic E-state index is 11.5. The second-order valence-corrected chi connectivity index (χ2v) is 3.90. The van der Waals surface area contributed by atoms with Crippen LogP contribution in [0.4, 0.5) is 0 Å². The third-order valence-corrected chi connectivity index (χ3v) is 2.57. The average molecular weight is 266 g/mol. The first-order chi connectivity index (χ1) is 9.08. The number of primary amides is 1. The lowest BCUT2D eigenvalue weighted by Crippen LogP contribution is -2.33. The van der Waals surface area contributed by atoms with E-state index in [0.29, 0.717) is 17.9 Å². The fourth-order valence-electron chi connectivity index (χ4n) is 1.67. The second kappa shape index (κ2) is 7.25. The summed E-state index contributed by atoms with van der Waals surface area (Å²) in [7, 11) is 3.11. The number of hydrogen-bond donors (Lipinski definition) is 2. The van der Waals surface area contributed by atoms with Crippen LogP contribution < -0.4 is 20.5 Å². The van der Waals surface area contributed by atoms with E-state index in [4.69, 9.17) is 15.2 Å². The van der Waals surface area contributed by atoms with E-state index in [0.717, 1.165) is 5.56 Å². The molecule has 2 amide bonds. The second-order valence-electron chi connectivity index (χ2n) is 3.90. The number of benzene rings is 1. The Balaban J connectivity index is 2.62. The zero-order valence-electron chi connectivity index (χ0n) is 11.1. The smallest absolute Gasteiger partial charge is 0.236 e. The van der Waals surface area contributed by atoms with Crippen LogP contribution in [0.5, 0.6) is 11.5 Å². The number of nitrogens with one attached hydrogen (secondary N) is 1. The lowest BCUT2D eigenvalue weighted by atomic mass is 10.1. The minimum absolute atomic E-state index is 0.145. The van der Waals surface area contributed by atoms with Gasteiger partial charge in [0.25, 0.3) is 0 Å². The highest BCUT2D eigenvalue weighted by molar-refractivity contribution is 5.83. The molecule has 0 aliphatic heterocycles. The van der Waals surface area contributed by atoms with Crippen LogP contribution in [-0.4, -0.2) is 32.6 Å². The SMILES string of the molecule is COc1cccc(CCC(=O)NCC(N)=O)c1OC. The molecule has 0 saturated heterocycles. The normalized spacial score (nSPS) is 9.79. The number of amides is 2. The molecule has 1 aromatic rings. The van der Waals surface area contributed by atoms with Gasteiger partial charge in [-0.15, -0.1) is 0 Å². The first-order valence-electron chi connectivity index (χ1n) is 5.83. The fourth-order valence-corrected chi connectivity index (χ4v) is 1.67. The van der Waals surface area contributed by atoms with Gasteiger partial charge in [0.05, 0.1) is 20.8 Å². The van der Waals surface area contributed by atoms with Crippen LogP contribution in [0.15, 0.2) is 18.2 Å². The topological polar surface area (TPSA) is 90.6 Å². The van der Waals surface area contributed by atoms with Crippen molar-refractivity contribution in [2.45, 2.75) is 12.8 Å². The quantitative estimate of drug-likeness (QED) is 0.739. The van der Waals surface area contributed by atoms with Crippen molar-refractivity contribution in [3.05, 3.63) is 23.8 Å². The van der Waals surface area contributed by atoms with Crippen molar-refractivity contribution in [2.75, 3.05) is 20.8 Å². The number of para-hydroxylation sites is 1. The van der Waals surface area contributed by atoms with Gasteiger partial charge >= 0.3 is 0 Å². The molecule has 1 rings (SSSR count). The number of rotatable bonds is 7. The zero-order chi connectivity index (χ0) is 14.3. The van der Waals surface area contributed by atoms with Gasteiger partial charge in [-0.2, -0.15) is 0 Å². The fraction of sp³-hybridized carbons (Fsp3) is 0.385. The predicted molar refractivity (Wildman–Crippen MR) is 70.1 cm³/mol. The number of aryl methyl sites for hydroxylation is 1. The Morgan fingerprint density at radius 3 is 2.58 bits per heavy atom. The molecule has 0 bridgehead atoms. The van der Waals surface area contributed by atoms with Crippen LogP contribution in [-0.2, 0) is 16.0 Å². The van der Waals surface area contributed by atoms with Gasteiger partial charge < -0.3 is 20.5 Å². The first-order valence-corrected chi connectivity index (χ1v) is 5.83. The van der Waals surface area contributed by atoms with E-state index in [9.17, 15) is 9.59 Å². The molecule has 19 heavy (non-hydrogen) atoms. The average Bonchev–Trinajstić information content (AvgIpc) is 2.42. The molecule has 0 heterocycles. The van der Waals surface area contributed by atoms with Crippen LogP contribution in [0.1, 0.15) is 12.0 Å². The minimum atomic E-state index is -0.563. The zero-order valence-corrected chi connectivity index (χ0v) is 11.1. The van der Waals surface area contributed by atoms with E-state index < -0.39 is 5.91 Å². The van der Waals surface area contributed by atoms with Crippen LogP contribution in [0.3, 0.4) is 0 Å². The standard InChI is InChI=1S/C13H18N2O4/c1-18-10-5-3-4-9(13(10)19-2)6-7-12(17)15-8-11(14)16/h3-5H,6-8H2,1-2H3,(H2,14,16)(H,15,17). The van der Waals surface area contributed by atoms with E-state index >= 15 is 0 Å². The molecule has 0 aliphatic rings. The summed E-state index contributed by atoms with van der Waals surface area (Å²) in [6, 6.07) is 5.48. The maximum atomic E-state index is 11.5. The van der Waals surface area contributed by atoms with Gasteiger partial charge in [0.15, 0.2) is 11.5 Å². The van der Waals surface area contributed by atoms with Gasteiger partial charge in [-0.1, -0.05) is 12.1 Å². The van der Waals surface area contributed by atoms with E-state index in [1.165, 1.54) is 0 Å². The summed E-state index contributed by atoms with van der Waals surface area (Å²) in [4.78, 5) is 22.0. The van der Waals surface area contributed by atoms with Gasteiger partial charge in [-0.3, -0.25) is 9.59 Å². The number of ether oxygens (including phenoxy) is 2. The van der Waals surface area contributed by atoms with Gasteiger partial charge in [0.2, 0.25) is 11.8 Å². The number of nitrogens with two attached hydrogens (primary N) is 1. The van der Waals surface area contributed by atoms with Crippen LogP contribution in [0, 0.1) is 0 Å². The van der Waals surface area contributed by atoms with Crippen molar-refractivity contribution in [1.29, 1.82) is 0 Å². The largest absolute Gasteiger partial charge is 0.493 e. The summed E-state index contributed by atoms with van der Waals surface area (Å²) < 4.78 is 10.4. The molecule has 0 fully saturated rings. The summed E-state index contributed by atoms with van der Waals surface area (Å²) in [5.41, 5.74) is 5.81. The maximum Gasteiger partial charge on any atom is 0.236 e. The van der Waals surface area contributed by atoms with Gasteiger partial charge in [0.1, 0.15) is 0 Å². The van der Waals surface area contributed by atoms with Gasteiger partial charge in [0, 0.05) is 6.42 Å². The molecule has 0 saturated carbocycles. The molecule has 1 aromatic carbocycles. The van der Waals surface area contributed by atoms with Crippen LogP contribution in [0.2, 0.25) is 0 Å². The Labute approximate surface area is 111 Å². The molecule has 104 valence electrons. The lowest BCUT2D eigenvalue weighted by Gasteiger charge is -2.12. The Hall–Kier alpha value is -2.24. The highest BCUT2D eigenvalue weighted by Crippen LogP contribution is 2.31. The van der Waals surface area contributed by atoms with E-state index in [-0.39, 0.29) is 18.9 Å². The molecule has 0 radical (unpaired) electrons. The van der Waals surface area contributed by atoms with Crippen molar-refractivity contribution in [1.82, 2.24) is 5.32 Å². The number of carbonyl (C=O) groups is 2. The molecule has 6 heteroatoms. The third kappa shape index (κ3) is 4.50. The van der Waals surface area contributed by atoms with Gasteiger partial charge in [-0.05, 0) is 18.1 Å². The van der Waals surface area contributed by atoms with Crippen molar-refractivity contribution in [3.8, 4) is 11.5 Å². The highest BCUT2D eigenvalue weighted by atomic mass is 16.5. The summed E-state index contributed by atoms with van der Waals surface area (Å²) in [6.45, 7) is -0.145. The molecule has 0 aliphatic carbocycles. The highest BCUT2D eigenvalue weighted by Gasteiger charge is 2.11. The van der Waals surface area contributed by atoms with Gasteiger partial charge in [-0.25, -0.2) is 0 Å². The van der Waals surface area contributed by atoms with Crippen LogP contribution in [0.25, 0.3) is 0 Å². The monoisotopic (exact) mass is 266 g/mol. The molecule has 0 atom stereocenters. The third-order valence-electron chi connectivity index (χ3n) is 2.57. The van der Waals surface area contributed by atoms with Crippen molar-refractivity contribution in [3.63, 3.8) is 0 Å². The number of methoxy groups -OCH3 is 2. The van der Waals surface area contributed by atoms with E-state index in [1.54, 1.807) is 20.3 Å². The Morgan fingerprint density at radius 1 is 1.26 bits per heavy atom. The predicted octanol–water partition coefficient (Wildman–Crippen LogP) is 0.238. The Kier molecular flexibility index (Phi) is 5.66. The van der Waals surface area contributed by atoms with Crippen molar-refractivity contribution in [2.24, 2.45) is 5.73 Å². The Morgan fingerprint density at radius 2 is 2.00 bits per heavy atom. The molecule has 0 spiro atoms. The molecule has 6 nitrogen and oxygen atoms in total. The van der Waals surface area contributed by atoms with Crippen LogP contribution >= 0.6 is 0 Å². The molecule has 3 N–H and O–H groups in total. The summed E-state index contributed by atoms with van der Waals surface area (Å²) >= 11 is 0. The first kappa shape index (κ1) is 14.8. The summed E-state index contributed by atoms with van der Waals surface area (Å²) in [6.07, 6.45) is 0.738. The number of carbonyl (C=O) groups excluding carboxylic acids is 2. The Bertz CT molecular complexity index is 460. The minimum Gasteiger partial charge on any atom is -0.493 e. The molecular formula is C13H18N2O4. The summed E-state index contributed by atoms with van der Waals surface area (Å²) in [5.74, 6) is 0.446. The lowest BCUT2D eigenvalue weighted by molar-refractivity contribution is -0.124. The van der Waals surface area contributed by atoms with Crippen molar-refractivity contribution < 1.29 is 19.1 Å². The molecule has 0 unspecified atom stereocenters. The van der Waals surface area contributed by atoms with E-state index in [2.05, 4.69) is 5.32 Å².